The minimum Gasteiger partial charge on any atom is -0.407 e. The SMILES string of the molecule is CN(C(=O)Oc1c(-n2ccn(C#Cc3c[nH]cn3)c2=O)cc(C(F)(F)F)cc1C(F)(F)F)c1ccc(F)cc1. The van der Waals surface area contributed by atoms with E-state index < -0.39 is 52.5 Å². The molecule has 39 heavy (non-hydrogen) atoms. The normalized spacial score (nSPS) is 11.6. The van der Waals surface area contributed by atoms with Crippen LogP contribution in [0.4, 0.5) is 41.2 Å². The van der Waals surface area contributed by atoms with Gasteiger partial charge in [0.1, 0.15) is 17.1 Å². The van der Waals surface area contributed by atoms with Crippen molar-refractivity contribution in [1.29, 1.82) is 0 Å². The van der Waals surface area contributed by atoms with E-state index in [1.807, 2.05) is 0 Å². The lowest BCUT2D eigenvalue weighted by Gasteiger charge is -2.22. The Hall–Kier alpha value is -5.00. The number of nitrogens with zero attached hydrogens (tertiary/aromatic N) is 4. The van der Waals surface area contributed by atoms with Gasteiger partial charge in [-0.3, -0.25) is 9.47 Å². The number of alkyl halides is 6. The lowest BCUT2D eigenvalue weighted by molar-refractivity contribution is -0.143. The molecule has 0 aliphatic rings. The number of anilines is 1. The Bertz CT molecular complexity index is 1620. The Balaban J connectivity index is 1.87. The van der Waals surface area contributed by atoms with Crippen LogP contribution in [-0.4, -0.2) is 32.2 Å². The van der Waals surface area contributed by atoms with E-state index in [1.165, 1.54) is 12.5 Å². The molecular weight excluding hydrogens is 539 g/mol. The maximum Gasteiger partial charge on any atom is 0.420 e. The van der Waals surface area contributed by atoms with Crippen LogP contribution in [0.3, 0.4) is 0 Å². The highest BCUT2D eigenvalue weighted by Gasteiger charge is 2.42. The summed E-state index contributed by atoms with van der Waals surface area (Å²) in [7, 11) is 1.08. The van der Waals surface area contributed by atoms with Crippen molar-refractivity contribution in [3.63, 3.8) is 0 Å². The van der Waals surface area contributed by atoms with Crippen LogP contribution in [0.1, 0.15) is 16.8 Å². The van der Waals surface area contributed by atoms with Crippen molar-refractivity contribution in [3.8, 4) is 23.4 Å². The summed E-state index contributed by atoms with van der Waals surface area (Å²) in [4.78, 5) is 32.8. The second-order valence-corrected chi connectivity index (χ2v) is 7.78. The van der Waals surface area contributed by atoms with Crippen molar-refractivity contribution in [3.05, 3.63) is 94.4 Å². The molecule has 0 aliphatic heterocycles. The Kier molecular flexibility index (Phi) is 6.97. The van der Waals surface area contributed by atoms with Gasteiger partial charge in [0.25, 0.3) is 0 Å². The molecule has 0 saturated heterocycles. The zero-order chi connectivity index (χ0) is 28.5. The summed E-state index contributed by atoms with van der Waals surface area (Å²) in [5, 5.41) is 0. The summed E-state index contributed by atoms with van der Waals surface area (Å²) in [6, 6.07) is 6.55. The number of aromatic nitrogens is 4. The van der Waals surface area contributed by atoms with Gasteiger partial charge in [0.05, 0.1) is 17.6 Å². The first-order valence-corrected chi connectivity index (χ1v) is 10.6. The second-order valence-electron chi connectivity index (χ2n) is 7.78. The second kappa shape index (κ2) is 10.0. The summed E-state index contributed by atoms with van der Waals surface area (Å²) in [5.41, 5.74) is -5.70. The van der Waals surface area contributed by atoms with Crippen molar-refractivity contribution >= 4 is 11.8 Å². The number of hydrogen-bond acceptors (Lipinski definition) is 4. The van der Waals surface area contributed by atoms with Crippen molar-refractivity contribution in [2.45, 2.75) is 12.4 Å². The van der Waals surface area contributed by atoms with Gasteiger partial charge in [-0.05, 0) is 42.3 Å². The molecule has 1 N–H and O–H groups in total. The summed E-state index contributed by atoms with van der Waals surface area (Å²) >= 11 is 0. The first-order valence-electron chi connectivity index (χ1n) is 10.6. The molecule has 202 valence electrons. The first-order chi connectivity index (χ1) is 18.3. The third-order valence-electron chi connectivity index (χ3n) is 5.22. The Morgan fingerprint density at radius 1 is 1.05 bits per heavy atom. The predicted octanol–water partition coefficient (Wildman–Crippen LogP) is 5.03. The fraction of sp³-hybridized carbons (Fsp3) is 0.125. The minimum atomic E-state index is -5.44. The van der Waals surface area contributed by atoms with Crippen LogP contribution >= 0.6 is 0 Å². The summed E-state index contributed by atoms with van der Waals surface area (Å²) in [6.07, 6.45) is -7.63. The van der Waals surface area contributed by atoms with Gasteiger partial charge in [-0.25, -0.2) is 23.5 Å². The molecule has 4 rings (SSSR count). The van der Waals surface area contributed by atoms with Crippen LogP contribution in [0.2, 0.25) is 0 Å². The number of amides is 1. The molecule has 0 atom stereocenters. The van der Waals surface area contributed by atoms with E-state index in [-0.39, 0.29) is 23.5 Å². The molecule has 0 radical (unpaired) electrons. The molecule has 0 bridgehead atoms. The number of rotatable bonds is 3. The van der Waals surface area contributed by atoms with Gasteiger partial charge in [0.15, 0.2) is 5.75 Å². The van der Waals surface area contributed by atoms with Gasteiger partial charge in [-0.2, -0.15) is 26.3 Å². The molecule has 15 heteroatoms. The number of ether oxygens (including phenoxy) is 1. The van der Waals surface area contributed by atoms with E-state index in [0.29, 0.717) is 14.0 Å². The van der Waals surface area contributed by atoms with Crippen LogP contribution in [0.5, 0.6) is 5.75 Å². The van der Waals surface area contributed by atoms with E-state index >= 15 is 0 Å². The Morgan fingerprint density at radius 3 is 2.33 bits per heavy atom. The van der Waals surface area contributed by atoms with Crippen LogP contribution in [-0.2, 0) is 12.4 Å². The number of carbonyl (C=O) groups excluding carboxylic acids is 1. The monoisotopic (exact) mass is 553 g/mol. The van der Waals surface area contributed by atoms with E-state index in [1.54, 1.807) is 0 Å². The van der Waals surface area contributed by atoms with Crippen molar-refractivity contribution < 1.29 is 40.3 Å². The fourth-order valence-electron chi connectivity index (χ4n) is 3.29. The van der Waals surface area contributed by atoms with Gasteiger partial charge < -0.3 is 9.72 Å². The largest absolute Gasteiger partial charge is 0.420 e. The average molecular weight is 553 g/mol. The molecule has 2 heterocycles. The van der Waals surface area contributed by atoms with Crippen LogP contribution in [0.15, 0.2) is 66.1 Å². The average Bonchev–Trinajstić information content (AvgIpc) is 3.51. The highest BCUT2D eigenvalue weighted by molar-refractivity contribution is 5.89. The quantitative estimate of drug-likeness (QED) is 0.285. The highest BCUT2D eigenvalue weighted by Crippen LogP contribution is 2.44. The number of hydrogen-bond donors (Lipinski definition) is 1. The van der Waals surface area contributed by atoms with Crippen LogP contribution in [0.25, 0.3) is 5.69 Å². The Morgan fingerprint density at radius 2 is 1.74 bits per heavy atom. The van der Waals surface area contributed by atoms with Crippen molar-refractivity contribution in [2.75, 3.05) is 11.9 Å². The van der Waals surface area contributed by atoms with E-state index in [4.69, 9.17) is 4.74 Å². The number of halogens is 7. The number of nitrogens with one attached hydrogen (secondary N) is 1. The molecule has 0 unspecified atom stereocenters. The number of carbonyl (C=O) groups is 1. The van der Waals surface area contributed by atoms with E-state index in [0.717, 1.165) is 43.7 Å². The summed E-state index contributed by atoms with van der Waals surface area (Å²) in [6.45, 7) is 0. The molecular formula is C24H14F7N5O3. The predicted molar refractivity (Wildman–Crippen MR) is 122 cm³/mol. The molecule has 2 aromatic heterocycles. The fourth-order valence-corrected chi connectivity index (χ4v) is 3.29. The molecule has 0 spiro atoms. The molecule has 4 aromatic rings. The molecule has 0 saturated carbocycles. The van der Waals surface area contributed by atoms with Crippen molar-refractivity contribution in [1.82, 2.24) is 19.1 Å². The molecule has 8 nitrogen and oxygen atoms in total. The third kappa shape index (κ3) is 5.79. The zero-order valence-electron chi connectivity index (χ0n) is 19.4. The van der Waals surface area contributed by atoms with Gasteiger partial charge in [0.2, 0.25) is 0 Å². The van der Waals surface area contributed by atoms with Crippen molar-refractivity contribution in [2.24, 2.45) is 0 Å². The lowest BCUT2D eigenvalue weighted by atomic mass is 10.1. The number of benzene rings is 2. The van der Waals surface area contributed by atoms with Crippen LogP contribution < -0.4 is 15.3 Å². The summed E-state index contributed by atoms with van der Waals surface area (Å²) < 4.78 is 102. The number of H-pyrrole nitrogens is 1. The molecule has 0 aliphatic carbocycles. The van der Waals surface area contributed by atoms with Gasteiger partial charge >= 0.3 is 24.1 Å². The molecule has 1 amide bonds. The van der Waals surface area contributed by atoms with Crippen LogP contribution in [0, 0.1) is 17.8 Å². The van der Waals surface area contributed by atoms with E-state index in [2.05, 4.69) is 21.9 Å². The maximum absolute atomic E-state index is 14.0. The minimum absolute atomic E-state index is 0.000353. The molecule has 0 fully saturated rings. The third-order valence-corrected chi connectivity index (χ3v) is 5.22. The number of imidazole rings is 2. The number of aromatic amines is 1. The highest BCUT2D eigenvalue weighted by atomic mass is 19.4. The maximum atomic E-state index is 14.0. The summed E-state index contributed by atoms with van der Waals surface area (Å²) in [5.74, 6) is 0.451. The first kappa shape index (κ1) is 27.0. The van der Waals surface area contributed by atoms with Gasteiger partial charge in [-0.15, -0.1) is 0 Å². The van der Waals surface area contributed by atoms with Gasteiger partial charge in [0, 0.05) is 37.4 Å². The smallest absolute Gasteiger partial charge is 0.407 e. The molecule has 2 aromatic carbocycles. The van der Waals surface area contributed by atoms with E-state index in [9.17, 15) is 40.3 Å². The Labute approximate surface area is 213 Å². The van der Waals surface area contributed by atoms with Gasteiger partial charge in [-0.1, -0.05) is 0 Å². The lowest BCUT2D eigenvalue weighted by Crippen LogP contribution is -2.31. The topological polar surface area (TPSA) is 85.2 Å². The zero-order valence-corrected chi connectivity index (χ0v) is 19.4. The standard InChI is InChI=1S/C24H14F7N5O3/c1-34(17-4-2-15(25)3-5-17)22(38)39-20-18(24(29,30)31)10-14(23(26,27)28)11-19(20)36-9-8-35(21(36)37)7-6-16-12-32-13-33-16/h2-5,8-13H,1H3,(H,32,33).